The second-order valence-electron chi connectivity index (χ2n) is 6.22. The fourth-order valence-corrected chi connectivity index (χ4v) is 3.64. The van der Waals surface area contributed by atoms with E-state index in [1.54, 1.807) is 6.07 Å². The van der Waals surface area contributed by atoms with Gasteiger partial charge in [-0.3, -0.25) is 10.2 Å². The molecule has 0 bridgehead atoms. The van der Waals surface area contributed by atoms with Crippen molar-refractivity contribution >= 4 is 21.3 Å². The molecule has 2 N–H and O–H groups in total. The van der Waals surface area contributed by atoms with Crippen LogP contribution in [0.25, 0.3) is 5.57 Å². The van der Waals surface area contributed by atoms with Gasteiger partial charge in [-0.2, -0.15) is 0 Å². The van der Waals surface area contributed by atoms with Gasteiger partial charge < -0.3 is 9.47 Å². The zero-order valence-corrected chi connectivity index (χ0v) is 15.9. The summed E-state index contributed by atoms with van der Waals surface area (Å²) in [6.45, 7) is 3.90. The van der Waals surface area contributed by atoms with Crippen LogP contribution in [0, 0.1) is 5.92 Å². The summed E-state index contributed by atoms with van der Waals surface area (Å²) >= 11 is 0. The fourth-order valence-electron chi connectivity index (χ4n) is 2.81. The molecule has 1 saturated heterocycles. The van der Waals surface area contributed by atoms with Crippen LogP contribution in [-0.2, 0) is 14.6 Å². The number of amides is 1. The van der Waals surface area contributed by atoms with E-state index < -0.39 is 9.84 Å². The Bertz CT molecular complexity index is 802. The number of hydrogen-bond acceptors (Lipinski definition) is 6. The molecule has 1 fully saturated rings. The Kier molecular flexibility index (Phi) is 5.74. The minimum atomic E-state index is -3.45. The molecule has 0 spiro atoms. The van der Waals surface area contributed by atoms with E-state index in [0.29, 0.717) is 12.2 Å². The number of carbonyl (C=O) groups is 1. The molecular formula is C17H24N2O5S. The Labute approximate surface area is 148 Å². The van der Waals surface area contributed by atoms with E-state index in [2.05, 4.69) is 10.9 Å². The highest BCUT2D eigenvalue weighted by Gasteiger charge is 2.25. The van der Waals surface area contributed by atoms with Crippen LogP contribution in [0.5, 0.6) is 11.5 Å². The third kappa shape index (κ3) is 4.32. The average Bonchev–Trinajstić information content (AvgIpc) is 2.55. The number of carbonyl (C=O) groups excluding carboxylic acids is 1. The smallest absolute Gasteiger partial charge is 0.234 e. The van der Waals surface area contributed by atoms with E-state index in [4.69, 9.17) is 9.47 Å². The maximum Gasteiger partial charge on any atom is 0.234 e. The number of hydrazine groups is 1. The van der Waals surface area contributed by atoms with E-state index in [1.807, 2.05) is 19.9 Å². The number of rotatable bonds is 5. The second kappa shape index (κ2) is 7.45. The van der Waals surface area contributed by atoms with Gasteiger partial charge in [0.25, 0.3) is 0 Å². The molecule has 8 heteroatoms. The summed E-state index contributed by atoms with van der Waals surface area (Å²) in [5, 5.41) is 0. The first-order valence-electron chi connectivity index (χ1n) is 7.86. The van der Waals surface area contributed by atoms with E-state index in [-0.39, 0.29) is 28.5 Å². The van der Waals surface area contributed by atoms with Crippen molar-refractivity contribution in [1.82, 2.24) is 10.9 Å². The van der Waals surface area contributed by atoms with Crippen molar-refractivity contribution in [2.75, 3.05) is 20.5 Å². The van der Waals surface area contributed by atoms with Crippen LogP contribution in [-0.4, -0.2) is 40.8 Å². The molecule has 25 heavy (non-hydrogen) atoms. The van der Waals surface area contributed by atoms with E-state index in [1.165, 1.54) is 20.3 Å². The summed E-state index contributed by atoms with van der Waals surface area (Å²) in [5.41, 5.74) is 7.23. The second-order valence-corrected chi connectivity index (χ2v) is 8.21. The molecule has 0 saturated carbocycles. The lowest BCUT2D eigenvalue weighted by Crippen LogP contribution is -2.52. The number of nitrogens with one attached hydrogen (secondary N) is 2. The molecule has 2 atom stereocenters. The minimum Gasteiger partial charge on any atom is -0.496 e. The lowest BCUT2D eigenvalue weighted by atomic mass is 9.93. The van der Waals surface area contributed by atoms with Crippen molar-refractivity contribution in [3.63, 3.8) is 0 Å². The van der Waals surface area contributed by atoms with Gasteiger partial charge in [0.15, 0.2) is 9.84 Å². The number of allylic oxidation sites excluding steroid dienone is 1. The summed E-state index contributed by atoms with van der Waals surface area (Å²) in [7, 11) is -0.524. The Morgan fingerprint density at radius 2 is 1.88 bits per heavy atom. The first-order chi connectivity index (χ1) is 11.7. The molecular weight excluding hydrogens is 344 g/mol. The zero-order chi connectivity index (χ0) is 18.8. The first kappa shape index (κ1) is 19.3. The van der Waals surface area contributed by atoms with Crippen LogP contribution in [0.1, 0.15) is 25.8 Å². The van der Waals surface area contributed by atoms with Gasteiger partial charge in [-0.15, -0.1) is 0 Å². The van der Waals surface area contributed by atoms with Crippen molar-refractivity contribution in [3.05, 3.63) is 23.8 Å². The number of hydrogen-bond donors (Lipinski definition) is 2. The number of ether oxygens (including phenoxy) is 2. The Balaban J connectivity index is 2.47. The average molecular weight is 368 g/mol. The largest absolute Gasteiger partial charge is 0.496 e. The predicted molar refractivity (Wildman–Crippen MR) is 95.2 cm³/mol. The molecule has 2 rings (SSSR count). The molecule has 0 aromatic heterocycles. The van der Waals surface area contributed by atoms with Crippen LogP contribution in [0.15, 0.2) is 23.1 Å². The van der Waals surface area contributed by atoms with Gasteiger partial charge in [0.05, 0.1) is 14.2 Å². The lowest BCUT2D eigenvalue weighted by molar-refractivity contribution is -0.125. The lowest BCUT2D eigenvalue weighted by Gasteiger charge is -2.28. The third-order valence-corrected chi connectivity index (χ3v) is 5.36. The number of methoxy groups -OCH3 is 2. The Hall–Kier alpha value is -2.06. The van der Waals surface area contributed by atoms with Crippen LogP contribution in [0.4, 0.5) is 0 Å². The van der Waals surface area contributed by atoms with Gasteiger partial charge >= 0.3 is 0 Å². The summed E-state index contributed by atoms with van der Waals surface area (Å²) in [4.78, 5) is 11.5. The molecule has 1 aliphatic rings. The van der Waals surface area contributed by atoms with Crippen molar-refractivity contribution in [2.24, 2.45) is 5.92 Å². The molecule has 1 aromatic carbocycles. The molecule has 1 aliphatic heterocycles. The molecule has 1 aromatic rings. The van der Waals surface area contributed by atoms with Crippen molar-refractivity contribution in [1.29, 1.82) is 0 Å². The standard InChI is InChI=1S/C17H24N2O5S/c1-10(6-13-11(2)7-17(20)19-18-13)12-8-15(24-4)16(25(5,21)22)9-14(12)23-3/h6,8-9,11,13,18H,7H2,1-5H3,(H,19,20)/b10-6+. The van der Waals surface area contributed by atoms with Crippen LogP contribution >= 0.6 is 0 Å². The molecule has 138 valence electrons. The monoisotopic (exact) mass is 368 g/mol. The maximum atomic E-state index is 12.0. The Morgan fingerprint density at radius 3 is 2.40 bits per heavy atom. The highest BCUT2D eigenvalue weighted by molar-refractivity contribution is 7.90. The van der Waals surface area contributed by atoms with E-state index >= 15 is 0 Å². The summed E-state index contributed by atoms with van der Waals surface area (Å²) in [6, 6.07) is 3.09. The molecule has 7 nitrogen and oxygen atoms in total. The highest BCUT2D eigenvalue weighted by Crippen LogP contribution is 2.36. The summed E-state index contributed by atoms with van der Waals surface area (Å²) in [5.74, 6) is 0.810. The predicted octanol–water partition coefficient (Wildman–Crippen LogP) is 1.54. The van der Waals surface area contributed by atoms with Gasteiger partial charge in [0, 0.05) is 30.3 Å². The Morgan fingerprint density at radius 1 is 1.24 bits per heavy atom. The number of sulfone groups is 1. The zero-order valence-electron chi connectivity index (χ0n) is 15.0. The molecule has 0 radical (unpaired) electrons. The molecule has 2 unspecified atom stereocenters. The molecule has 0 aliphatic carbocycles. The summed E-state index contributed by atoms with van der Waals surface area (Å²) in [6.07, 6.45) is 3.55. The fraction of sp³-hybridized carbons (Fsp3) is 0.471. The van der Waals surface area contributed by atoms with E-state index in [0.717, 1.165) is 17.4 Å². The van der Waals surface area contributed by atoms with Gasteiger partial charge in [-0.05, 0) is 24.5 Å². The SMILES string of the molecule is COc1cc(S(C)(=O)=O)c(OC)cc1/C(C)=C/C1NNC(=O)CC1C. The van der Waals surface area contributed by atoms with Gasteiger partial charge in [0.2, 0.25) is 5.91 Å². The van der Waals surface area contributed by atoms with Crippen molar-refractivity contribution in [3.8, 4) is 11.5 Å². The summed E-state index contributed by atoms with van der Waals surface area (Å²) < 4.78 is 34.5. The van der Waals surface area contributed by atoms with Crippen LogP contribution in [0.2, 0.25) is 0 Å². The topological polar surface area (TPSA) is 93.7 Å². The van der Waals surface area contributed by atoms with Gasteiger partial charge in [-0.25, -0.2) is 13.8 Å². The normalized spacial score (nSPS) is 21.6. The van der Waals surface area contributed by atoms with Gasteiger partial charge in [0.1, 0.15) is 16.4 Å². The van der Waals surface area contributed by atoms with Crippen LogP contribution in [0.3, 0.4) is 0 Å². The maximum absolute atomic E-state index is 12.0. The minimum absolute atomic E-state index is 0.0356. The van der Waals surface area contributed by atoms with Crippen molar-refractivity contribution in [2.45, 2.75) is 31.2 Å². The number of benzene rings is 1. The van der Waals surface area contributed by atoms with E-state index in [9.17, 15) is 13.2 Å². The van der Waals surface area contributed by atoms with Gasteiger partial charge in [-0.1, -0.05) is 13.0 Å². The molecule has 1 heterocycles. The van der Waals surface area contributed by atoms with Crippen molar-refractivity contribution < 1.29 is 22.7 Å². The van der Waals surface area contributed by atoms with Crippen LogP contribution < -0.4 is 20.3 Å². The highest BCUT2D eigenvalue weighted by atomic mass is 32.2. The quantitative estimate of drug-likeness (QED) is 0.819. The first-order valence-corrected chi connectivity index (χ1v) is 9.75. The third-order valence-electron chi connectivity index (χ3n) is 4.24. The molecule has 1 amide bonds.